The van der Waals surface area contributed by atoms with Crippen LogP contribution in [0.1, 0.15) is 37.4 Å². The maximum atomic E-state index is 13.4. The zero-order valence-corrected chi connectivity index (χ0v) is 15.9. The van der Waals surface area contributed by atoms with Gasteiger partial charge in [-0.15, -0.1) is 0 Å². The van der Waals surface area contributed by atoms with Gasteiger partial charge in [-0.25, -0.2) is 4.39 Å². The monoisotopic (exact) mass is 372 g/mol. The SMILES string of the molecule is CCN(Cc1cccc(F)c1)C(=O)CC(NC(C)=O)c1ccc(OC)cc1. The molecule has 0 heterocycles. The van der Waals surface area contributed by atoms with E-state index < -0.39 is 6.04 Å². The lowest BCUT2D eigenvalue weighted by Gasteiger charge is -2.25. The number of hydrogen-bond donors (Lipinski definition) is 1. The van der Waals surface area contributed by atoms with Gasteiger partial charge in [0.25, 0.3) is 0 Å². The van der Waals surface area contributed by atoms with Gasteiger partial charge in [0.05, 0.1) is 19.6 Å². The van der Waals surface area contributed by atoms with Crippen molar-refractivity contribution in [1.29, 1.82) is 0 Å². The minimum atomic E-state index is -0.442. The van der Waals surface area contributed by atoms with Crippen LogP contribution < -0.4 is 10.1 Å². The molecule has 1 N–H and O–H groups in total. The van der Waals surface area contributed by atoms with Crippen molar-refractivity contribution >= 4 is 11.8 Å². The standard InChI is InChI=1S/C21H25FN2O3/c1-4-24(14-16-6-5-7-18(22)12-16)21(26)13-20(23-15(2)25)17-8-10-19(27-3)11-9-17/h5-12,20H,4,13-14H2,1-3H3,(H,23,25). The lowest BCUT2D eigenvalue weighted by Crippen LogP contribution is -2.35. The Hall–Kier alpha value is -2.89. The van der Waals surface area contributed by atoms with E-state index in [9.17, 15) is 14.0 Å². The van der Waals surface area contributed by atoms with Gasteiger partial charge in [-0.2, -0.15) is 0 Å². The van der Waals surface area contributed by atoms with E-state index in [-0.39, 0.29) is 24.1 Å². The zero-order chi connectivity index (χ0) is 19.8. The average molecular weight is 372 g/mol. The van der Waals surface area contributed by atoms with Crippen molar-refractivity contribution in [2.45, 2.75) is 32.9 Å². The molecule has 0 bridgehead atoms. The summed E-state index contributed by atoms with van der Waals surface area (Å²) in [5.41, 5.74) is 1.55. The molecule has 2 aromatic rings. The molecule has 0 aromatic heterocycles. The van der Waals surface area contributed by atoms with Crippen LogP contribution in [0, 0.1) is 5.82 Å². The summed E-state index contributed by atoms with van der Waals surface area (Å²) in [4.78, 5) is 26.1. The van der Waals surface area contributed by atoms with Crippen LogP contribution in [0.3, 0.4) is 0 Å². The first-order chi connectivity index (χ1) is 12.9. The van der Waals surface area contributed by atoms with Crippen molar-refractivity contribution in [3.05, 3.63) is 65.5 Å². The van der Waals surface area contributed by atoms with Gasteiger partial charge in [0.1, 0.15) is 11.6 Å². The lowest BCUT2D eigenvalue weighted by atomic mass is 10.0. The number of halogens is 1. The molecule has 0 aliphatic carbocycles. The maximum Gasteiger partial charge on any atom is 0.225 e. The molecule has 0 aliphatic rings. The second-order valence-corrected chi connectivity index (χ2v) is 6.27. The number of amides is 2. The molecule has 5 nitrogen and oxygen atoms in total. The van der Waals surface area contributed by atoms with Gasteiger partial charge in [0, 0.05) is 20.0 Å². The molecule has 0 saturated carbocycles. The van der Waals surface area contributed by atoms with E-state index in [0.717, 1.165) is 11.1 Å². The first kappa shape index (κ1) is 20.4. The fourth-order valence-electron chi connectivity index (χ4n) is 2.87. The molecule has 0 saturated heterocycles. The predicted octanol–water partition coefficient (Wildman–Crippen LogP) is 3.45. The number of carbonyl (C=O) groups excluding carboxylic acids is 2. The maximum absolute atomic E-state index is 13.4. The topological polar surface area (TPSA) is 58.6 Å². The molecule has 1 unspecified atom stereocenters. The van der Waals surface area contributed by atoms with Gasteiger partial charge in [-0.1, -0.05) is 24.3 Å². The third-order valence-corrected chi connectivity index (χ3v) is 4.27. The van der Waals surface area contributed by atoms with Crippen molar-refractivity contribution in [1.82, 2.24) is 10.2 Å². The highest BCUT2D eigenvalue weighted by Gasteiger charge is 2.21. The quantitative estimate of drug-likeness (QED) is 0.772. The van der Waals surface area contributed by atoms with Crippen LogP contribution >= 0.6 is 0 Å². The predicted molar refractivity (Wildman–Crippen MR) is 102 cm³/mol. The van der Waals surface area contributed by atoms with Crippen LogP contribution in [0.15, 0.2) is 48.5 Å². The van der Waals surface area contributed by atoms with Gasteiger partial charge in [-0.3, -0.25) is 9.59 Å². The highest BCUT2D eigenvalue weighted by molar-refractivity contribution is 5.79. The van der Waals surface area contributed by atoms with Crippen molar-refractivity contribution in [2.24, 2.45) is 0 Å². The van der Waals surface area contributed by atoms with E-state index in [1.165, 1.54) is 19.1 Å². The molecule has 144 valence electrons. The van der Waals surface area contributed by atoms with Gasteiger partial charge < -0.3 is 15.0 Å². The summed E-state index contributed by atoms with van der Waals surface area (Å²) in [7, 11) is 1.58. The Morgan fingerprint density at radius 1 is 1.19 bits per heavy atom. The molecular formula is C21H25FN2O3. The van der Waals surface area contributed by atoms with E-state index in [4.69, 9.17) is 4.74 Å². The summed E-state index contributed by atoms with van der Waals surface area (Å²) < 4.78 is 18.5. The number of nitrogens with zero attached hydrogens (tertiary/aromatic N) is 1. The summed E-state index contributed by atoms with van der Waals surface area (Å²) in [5.74, 6) is 0.0476. The van der Waals surface area contributed by atoms with Crippen LogP contribution in [0.25, 0.3) is 0 Å². The molecule has 2 amide bonds. The van der Waals surface area contributed by atoms with Crippen molar-refractivity contribution in [2.75, 3.05) is 13.7 Å². The fourth-order valence-corrected chi connectivity index (χ4v) is 2.87. The van der Waals surface area contributed by atoms with Crippen LogP contribution in [0.5, 0.6) is 5.75 Å². The summed E-state index contributed by atoms with van der Waals surface area (Å²) in [6.45, 7) is 4.11. The minimum Gasteiger partial charge on any atom is -0.497 e. The summed E-state index contributed by atoms with van der Waals surface area (Å²) >= 11 is 0. The lowest BCUT2D eigenvalue weighted by molar-refractivity contribution is -0.132. The fraction of sp³-hybridized carbons (Fsp3) is 0.333. The van der Waals surface area contributed by atoms with E-state index in [1.807, 2.05) is 19.1 Å². The Morgan fingerprint density at radius 2 is 1.89 bits per heavy atom. The van der Waals surface area contributed by atoms with Gasteiger partial charge in [0.2, 0.25) is 11.8 Å². The Morgan fingerprint density at radius 3 is 2.44 bits per heavy atom. The first-order valence-electron chi connectivity index (χ1n) is 8.86. The van der Waals surface area contributed by atoms with Gasteiger partial charge in [0.15, 0.2) is 0 Å². The molecule has 27 heavy (non-hydrogen) atoms. The van der Waals surface area contributed by atoms with Crippen molar-refractivity contribution < 1.29 is 18.7 Å². The molecule has 2 aromatic carbocycles. The molecule has 2 rings (SSSR count). The Labute approximate surface area is 159 Å². The molecule has 6 heteroatoms. The van der Waals surface area contributed by atoms with Crippen molar-refractivity contribution in [3.8, 4) is 5.75 Å². The van der Waals surface area contributed by atoms with Gasteiger partial charge in [-0.05, 0) is 42.3 Å². The van der Waals surface area contributed by atoms with Crippen LogP contribution in [0.4, 0.5) is 4.39 Å². The molecule has 0 radical (unpaired) electrons. The Kier molecular flexibility index (Phi) is 7.34. The van der Waals surface area contributed by atoms with Crippen LogP contribution in [0.2, 0.25) is 0 Å². The summed E-state index contributed by atoms with van der Waals surface area (Å²) in [6, 6.07) is 13.0. The largest absolute Gasteiger partial charge is 0.497 e. The number of benzene rings is 2. The number of rotatable bonds is 8. The van der Waals surface area contributed by atoms with Crippen LogP contribution in [-0.2, 0) is 16.1 Å². The third-order valence-electron chi connectivity index (χ3n) is 4.27. The number of ether oxygens (including phenoxy) is 1. The van der Waals surface area contributed by atoms with Crippen LogP contribution in [-0.4, -0.2) is 30.4 Å². The Balaban J connectivity index is 2.13. The molecule has 1 atom stereocenters. The minimum absolute atomic E-state index is 0.115. The van der Waals surface area contributed by atoms with Crippen molar-refractivity contribution in [3.63, 3.8) is 0 Å². The van der Waals surface area contributed by atoms with Gasteiger partial charge >= 0.3 is 0 Å². The number of methoxy groups -OCH3 is 1. The highest BCUT2D eigenvalue weighted by atomic mass is 19.1. The first-order valence-corrected chi connectivity index (χ1v) is 8.86. The number of nitrogens with one attached hydrogen (secondary N) is 1. The Bertz CT molecular complexity index is 777. The molecular weight excluding hydrogens is 347 g/mol. The van der Waals surface area contributed by atoms with E-state index in [1.54, 1.807) is 36.3 Å². The van der Waals surface area contributed by atoms with E-state index >= 15 is 0 Å². The zero-order valence-electron chi connectivity index (χ0n) is 15.9. The molecule has 0 fully saturated rings. The normalized spacial score (nSPS) is 11.6. The summed E-state index contributed by atoms with van der Waals surface area (Å²) in [5, 5.41) is 2.83. The van der Waals surface area contributed by atoms with E-state index in [0.29, 0.717) is 18.8 Å². The highest BCUT2D eigenvalue weighted by Crippen LogP contribution is 2.22. The summed E-state index contributed by atoms with van der Waals surface area (Å²) in [6.07, 6.45) is 0.120. The van der Waals surface area contributed by atoms with E-state index in [2.05, 4.69) is 5.32 Å². The molecule has 0 aliphatic heterocycles. The second-order valence-electron chi connectivity index (χ2n) is 6.27. The smallest absolute Gasteiger partial charge is 0.225 e. The number of carbonyl (C=O) groups is 2. The average Bonchev–Trinajstić information content (AvgIpc) is 2.65. The third kappa shape index (κ3) is 6.09. The number of hydrogen-bond acceptors (Lipinski definition) is 3. The molecule has 0 spiro atoms. The second kappa shape index (κ2) is 9.71.